The van der Waals surface area contributed by atoms with Gasteiger partial charge in [-0.15, -0.1) is 0 Å². The largest absolute Gasteiger partial charge is 0.483 e. The lowest BCUT2D eigenvalue weighted by molar-refractivity contribution is 0.0817. The molecule has 0 spiro atoms. The van der Waals surface area contributed by atoms with E-state index in [-0.39, 0.29) is 11.5 Å². The van der Waals surface area contributed by atoms with Gasteiger partial charge in [-0.05, 0) is 52.2 Å². The number of rotatable bonds is 5. The number of hydrogen-bond donors (Lipinski definition) is 0. The van der Waals surface area contributed by atoms with Gasteiger partial charge in [0.25, 0.3) is 5.91 Å². The Kier molecular flexibility index (Phi) is 5.90. The lowest BCUT2D eigenvalue weighted by Gasteiger charge is -2.25. The highest BCUT2D eigenvalue weighted by Gasteiger charge is 2.32. The van der Waals surface area contributed by atoms with E-state index in [1.54, 1.807) is 13.8 Å². The summed E-state index contributed by atoms with van der Waals surface area (Å²) in [6.45, 7) is 7.95. The highest BCUT2D eigenvalue weighted by molar-refractivity contribution is 7.89. The fourth-order valence-electron chi connectivity index (χ4n) is 3.64. The van der Waals surface area contributed by atoms with E-state index in [1.165, 1.54) is 4.31 Å². The highest BCUT2D eigenvalue weighted by Crippen LogP contribution is 2.26. The van der Waals surface area contributed by atoms with Gasteiger partial charge >= 0.3 is 0 Å². The van der Waals surface area contributed by atoms with E-state index in [0.717, 1.165) is 35.1 Å². The maximum absolute atomic E-state index is 13.1. The number of carbonyl (C=O) groups is 1. The number of aryl methyl sites for hydroxylation is 3. The van der Waals surface area contributed by atoms with Crippen LogP contribution >= 0.6 is 0 Å². The number of sulfonamides is 1. The molecule has 0 N–H and O–H groups in total. The second kappa shape index (κ2) is 8.05. The third kappa shape index (κ3) is 3.98. The van der Waals surface area contributed by atoms with Crippen LogP contribution in [0.4, 0.5) is 0 Å². The Morgan fingerprint density at radius 2 is 1.79 bits per heavy atom. The van der Waals surface area contributed by atoms with Crippen molar-refractivity contribution in [2.75, 3.05) is 19.7 Å². The lowest BCUT2D eigenvalue weighted by Crippen LogP contribution is -2.36. The molecule has 28 heavy (non-hydrogen) atoms. The van der Waals surface area contributed by atoms with Crippen LogP contribution in [-0.4, -0.2) is 48.1 Å². The van der Waals surface area contributed by atoms with Crippen molar-refractivity contribution in [2.45, 2.75) is 51.9 Å². The summed E-state index contributed by atoms with van der Waals surface area (Å²) in [6, 6.07) is 5.72. The molecule has 3 rings (SSSR count). The smallest absolute Gasteiger partial charge is 0.285 e. The second-order valence-electron chi connectivity index (χ2n) is 7.33. The molecule has 0 radical (unpaired) electrons. The molecule has 1 saturated heterocycles. The van der Waals surface area contributed by atoms with Crippen LogP contribution in [0.1, 0.15) is 46.6 Å². The van der Waals surface area contributed by atoms with E-state index in [0.29, 0.717) is 30.2 Å². The van der Waals surface area contributed by atoms with Crippen molar-refractivity contribution in [2.24, 2.45) is 0 Å². The van der Waals surface area contributed by atoms with Crippen LogP contribution in [-0.2, 0) is 10.0 Å². The molecule has 0 saturated carbocycles. The quantitative estimate of drug-likeness (QED) is 0.764. The number of aromatic nitrogens is 2. The summed E-state index contributed by atoms with van der Waals surface area (Å²) in [5, 5.41) is 4.20. The van der Waals surface area contributed by atoms with E-state index >= 15 is 0 Å². The summed E-state index contributed by atoms with van der Waals surface area (Å²) in [5.41, 5.74) is 2.72. The first-order valence-electron chi connectivity index (χ1n) is 9.51. The zero-order valence-corrected chi connectivity index (χ0v) is 17.7. The Balaban J connectivity index is 1.81. The first-order chi connectivity index (χ1) is 13.2. The molecule has 152 valence electrons. The molecule has 1 aromatic heterocycles. The van der Waals surface area contributed by atoms with Crippen LogP contribution in [0.5, 0.6) is 5.75 Å². The standard InChI is InChI=1S/C20H27N3O4S/c1-14-8-9-18(15(2)12-14)27-13-19(24)23-17(4)20(16(3)21-23)28(25,26)22-10-6-5-7-11-22/h8-9,12H,5-7,10-11,13H2,1-4H3. The van der Waals surface area contributed by atoms with Crippen molar-refractivity contribution in [3.05, 3.63) is 40.7 Å². The molecular weight excluding hydrogens is 378 g/mol. The third-order valence-electron chi connectivity index (χ3n) is 5.06. The van der Waals surface area contributed by atoms with Gasteiger partial charge < -0.3 is 4.74 Å². The fourth-order valence-corrected chi connectivity index (χ4v) is 5.51. The number of benzene rings is 1. The van der Waals surface area contributed by atoms with Gasteiger partial charge in [-0.3, -0.25) is 4.79 Å². The summed E-state index contributed by atoms with van der Waals surface area (Å²) < 4.78 is 34.4. The second-order valence-corrected chi connectivity index (χ2v) is 9.20. The Hall–Kier alpha value is -2.19. The molecule has 1 aromatic carbocycles. The topological polar surface area (TPSA) is 81.5 Å². The molecule has 0 amide bonds. The maximum atomic E-state index is 13.1. The Morgan fingerprint density at radius 3 is 2.43 bits per heavy atom. The zero-order valence-electron chi connectivity index (χ0n) is 16.9. The normalized spacial score (nSPS) is 15.6. The highest BCUT2D eigenvalue weighted by atomic mass is 32.2. The fraction of sp³-hybridized carbons (Fsp3) is 0.500. The molecule has 1 aliphatic heterocycles. The molecule has 0 atom stereocenters. The SMILES string of the molecule is Cc1ccc(OCC(=O)n2nc(C)c(S(=O)(=O)N3CCCCC3)c2C)c(C)c1. The number of carbonyl (C=O) groups excluding carboxylic acids is 1. The van der Waals surface area contributed by atoms with Crippen molar-refractivity contribution in [1.29, 1.82) is 0 Å². The molecule has 2 aromatic rings. The van der Waals surface area contributed by atoms with Crippen molar-refractivity contribution in [1.82, 2.24) is 14.1 Å². The minimum atomic E-state index is -3.66. The summed E-state index contributed by atoms with van der Waals surface area (Å²) in [7, 11) is -3.66. The summed E-state index contributed by atoms with van der Waals surface area (Å²) in [6.07, 6.45) is 2.75. The zero-order chi connectivity index (χ0) is 20.5. The number of ether oxygens (including phenoxy) is 1. The minimum Gasteiger partial charge on any atom is -0.483 e. The first-order valence-corrected chi connectivity index (χ1v) is 11.0. The molecule has 0 bridgehead atoms. The van der Waals surface area contributed by atoms with Gasteiger partial charge in [-0.25, -0.2) is 13.1 Å². The van der Waals surface area contributed by atoms with Gasteiger partial charge in [-0.2, -0.15) is 9.40 Å². The monoisotopic (exact) mass is 405 g/mol. The number of hydrogen-bond acceptors (Lipinski definition) is 5. The van der Waals surface area contributed by atoms with Crippen LogP contribution in [0.2, 0.25) is 0 Å². The van der Waals surface area contributed by atoms with E-state index in [2.05, 4.69) is 5.10 Å². The Bertz CT molecular complexity index is 989. The van der Waals surface area contributed by atoms with Crippen LogP contribution < -0.4 is 4.74 Å². The molecular formula is C20H27N3O4S. The Morgan fingerprint density at radius 1 is 1.11 bits per heavy atom. The Labute approximate surface area is 166 Å². The summed E-state index contributed by atoms with van der Waals surface area (Å²) >= 11 is 0. The van der Waals surface area contributed by atoms with Crippen molar-refractivity contribution < 1.29 is 17.9 Å². The van der Waals surface area contributed by atoms with E-state index in [4.69, 9.17) is 4.74 Å². The molecule has 0 unspecified atom stereocenters. The van der Waals surface area contributed by atoms with Crippen molar-refractivity contribution in [3.8, 4) is 5.75 Å². The van der Waals surface area contributed by atoms with Crippen molar-refractivity contribution in [3.63, 3.8) is 0 Å². The average molecular weight is 406 g/mol. The summed E-state index contributed by atoms with van der Waals surface area (Å²) in [4.78, 5) is 12.8. The first kappa shape index (κ1) is 20.5. The van der Waals surface area contributed by atoms with Gasteiger partial charge in [-0.1, -0.05) is 24.1 Å². The molecule has 1 aliphatic rings. The molecule has 1 fully saturated rings. The van der Waals surface area contributed by atoms with Gasteiger partial charge in [0.2, 0.25) is 10.0 Å². The summed E-state index contributed by atoms with van der Waals surface area (Å²) in [5.74, 6) is 0.224. The van der Waals surface area contributed by atoms with E-state index in [9.17, 15) is 13.2 Å². The maximum Gasteiger partial charge on any atom is 0.285 e. The van der Waals surface area contributed by atoms with Gasteiger partial charge in [0.05, 0.1) is 11.4 Å². The average Bonchev–Trinajstić information content (AvgIpc) is 2.96. The van der Waals surface area contributed by atoms with E-state index < -0.39 is 15.9 Å². The van der Waals surface area contributed by atoms with Crippen LogP contribution in [0.25, 0.3) is 0 Å². The van der Waals surface area contributed by atoms with Crippen LogP contribution in [0.3, 0.4) is 0 Å². The van der Waals surface area contributed by atoms with Gasteiger partial charge in [0, 0.05) is 13.1 Å². The lowest BCUT2D eigenvalue weighted by atomic mass is 10.1. The number of piperidine rings is 1. The molecule has 2 heterocycles. The molecule has 0 aliphatic carbocycles. The molecule has 7 nitrogen and oxygen atoms in total. The predicted octanol–water partition coefficient (Wildman–Crippen LogP) is 3.01. The predicted molar refractivity (Wildman–Crippen MR) is 106 cm³/mol. The molecule has 8 heteroatoms. The minimum absolute atomic E-state index is 0.134. The van der Waals surface area contributed by atoms with Crippen molar-refractivity contribution >= 4 is 15.9 Å². The van der Waals surface area contributed by atoms with Crippen LogP contribution in [0, 0.1) is 27.7 Å². The van der Waals surface area contributed by atoms with Crippen LogP contribution in [0.15, 0.2) is 23.1 Å². The van der Waals surface area contributed by atoms with E-state index in [1.807, 2.05) is 32.0 Å². The number of nitrogens with zero attached hydrogens (tertiary/aromatic N) is 3. The third-order valence-corrected chi connectivity index (χ3v) is 7.21. The van der Waals surface area contributed by atoms with Gasteiger partial charge in [0.1, 0.15) is 10.6 Å². The van der Waals surface area contributed by atoms with Gasteiger partial charge in [0.15, 0.2) is 6.61 Å².